The Morgan fingerprint density at radius 1 is 1.24 bits per heavy atom. The molecule has 1 heterocycles. The van der Waals surface area contributed by atoms with Crippen LogP contribution in [0.3, 0.4) is 0 Å². The van der Waals surface area contributed by atoms with Crippen molar-refractivity contribution in [2.45, 2.75) is 45.4 Å². The van der Waals surface area contributed by atoms with E-state index >= 15 is 0 Å². The molecule has 136 valence electrons. The zero-order valence-electron chi connectivity index (χ0n) is 15.5. The molecule has 0 unspecified atom stereocenters. The highest BCUT2D eigenvalue weighted by molar-refractivity contribution is 6.07. The van der Waals surface area contributed by atoms with Crippen LogP contribution in [0.1, 0.15) is 56.1 Å². The van der Waals surface area contributed by atoms with Crippen molar-refractivity contribution in [3.8, 4) is 11.5 Å². The molecular formula is C19H26N2O4. The minimum atomic E-state index is -0.372. The summed E-state index contributed by atoms with van der Waals surface area (Å²) in [6.07, 6.45) is 3.24. The number of nitrogens with zero attached hydrogens (tertiary/aromatic N) is 1. The molecule has 25 heavy (non-hydrogen) atoms. The molecule has 1 N–H and O–H groups in total. The minimum Gasteiger partial charge on any atom is -0.496 e. The van der Waals surface area contributed by atoms with Crippen molar-refractivity contribution < 1.29 is 18.8 Å². The van der Waals surface area contributed by atoms with Crippen molar-refractivity contribution in [2.24, 2.45) is 0 Å². The highest BCUT2D eigenvalue weighted by Crippen LogP contribution is 2.32. The Hall–Kier alpha value is -2.50. The lowest BCUT2D eigenvalue weighted by molar-refractivity contribution is 0.101. The Morgan fingerprint density at radius 3 is 2.44 bits per heavy atom. The molecule has 1 aromatic heterocycles. The number of benzene rings is 1. The number of hydrogen-bond acceptors (Lipinski definition) is 5. The number of methoxy groups -OCH3 is 2. The van der Waals surface area contributed by atoms with Gasteiger partial charge >= 0.3 is 0 Å². The number of ether oxygens (including phenoxy) is 2. The van der Waals surface area contributed by atoms with Crippen molar-refractivity contribution in [2.75, 3.05) is 19.5 Å². The van der Waals surface area contributed by atoms with E-state index in [1.54, 1.807) is 24.3 Å². The molecule has 0 radical (unpaired) electrons. The van der Waals surface area contributed by atoms with Crippen LogP contribution in [0.2, 0.25) is 0 Å². The van der Waals surface area contributed by atoms with E-state index in [4.69, 9.17) is 14.0 Å². The van der Waals surface area contributed by atoms with E-state index in [1.165, 1.54) is 14.2 Å². The van der Waals surface area contributed by atoms with Gasteiger partial charge in [-0.2, -0.15) is 0 Å². The van der Waals surface area contributed by atoms with E-state index in [1.807, 2.05) is 0 Å². The van der Waals surface area contributed by atoms with Gasteiger partial charge in [0, 0.05) is 11.5 Å². The number of carbonyl (C=O) groups excluding carboxylic acids is 1. The quantitative estimate of drug-likeness (QED) is 0.766. The van der Waals surface area contributed by atoms with Gasteiger partial charge in [-0.05, 0) is 18.6 Å². The molecular weight excluding hydrogens is 320 g/mol. The molecule has 0 aliphatic carbocycles. The van der Waals surface area contributed by atoms with Gasteiger partial charge in [-0.1, -0.05) is 44.8 Å². The molecule has 0 aliphatic rings. The topological polar surface area (TPSA) is 73.6 Å². The van der Waals surface area contributed by atoms with Gasteiger partial charge in [-0.25, -0.2) is 0 Å². The highest BCUT2D eigenvalue weighted by Gasteiger charge is 2.26. The minimum absolute atomic E-state index is 0.107. The Morgan fingerprint density at radius 2 is 1.88 bits per heavy atom. The van der Waals surface area contributed by atoms with Gasteiger partial charge < -0.3 is 14.0 Å². The van der Waals surface area contributed by atoms with Crippen molar-refractivity contribution in [1.82, 2.24) is 5.16 Å². The smallest absolute Gasteiger partial charge is 0.265 e. The van der Waals surface area contributed by atoms with Crippen LogP contribution in [-0.4, -0.2) is 25.3 Å². The molecule has 0 saturated heterocycles. The molecule has 6 nitrogen and oxygen atoms in total. The van der Waals surface area contributed by atoms with Gasteiger partial charge in [-0.15, -0.1) is 0 Å². The van der Waals surface area contributed by atoms with Crippen LogP contribution in [0, 0.1) is 0 Å². The Labute approximate surface area is 148 Å². The summed E-state index contributed by atoms with van der Waals surface area (Å²) < 4.78 is 15.8. The van der Waals surface area contributed by atoms with Crippen LogP contribution in [0.15, 0.2) is 28.8 Å². The molecule has 0 atom stereocenters. The number of carbonyl (C=O) groups is 1. The van der Waals surface area contributed by atoms with Gasteiger partial charge in [0.25, 0.3) is 5.91 Å². The van der Waals surface area contributed by atoms with Crippen molar-refractivity contribution >= 4 is 11.8 Å². The van der Waals surface area contributed by atoms with Gasteiger partial charge in [0.05, 0.1) is 19.9 Å². The van der Waals surface area contributed by atoms with Crippen LogP contribution in [-0.2, 0) is 5.41 Å². The summed E-state index contributed by atoms with van der Waals surface area (Å²) in [6, 6.07) is 6.95. The van der Waals surface area contributed by atoms with Crippen molar-refractivity contribution in [3.63, 3.8) is 0 Å². The fourth-order valence-corrected chi connectivity index (χ4v) is 2.65. The summed E-state index contributed by atoms with van der Waals surface area (Å²) in [5.41, 5.74) is 1.03. The average molecular weight is 346 g/mol. The van der Waals surface area contributed by atoms with E-state index in [0.717, 1.165) is 25.0 Å². The number of anilines is 1. The lowest BCUT2D eigenvalue weighted by Crippen LogP contribution is -2.17. The molecule has 6 heteroatoms. The first-order valence-electron chi connectivity index (χ1n) is 8.42. The molecule has 0 spiro atoms. The van der Waals surface area contributed by atoms with Crippen LogP contribution in [0.4, 0.5) is 5.88 Å². The summed E-state index contributed by atoms with van der Waals surface area (Å²) in [4.78, 5) is 12.6. The SMILES string of the molecule is CCCCC(C)(C)c1cc(NC(=O)c2c(OC)cccc2OC)on1. The standard InChI is InChI=1S/C19H26N2O4/c1-6-7-11-19(2,3)15-12-16(25-21-15)20-18(22)17-13(23-4)9-8-10-14(17)24-5/h8-10,12H,6-7,11H2,1-5H3,(H,20,22). The van der Waals surface area contributed by atoms with E-state index in [9.17, 15) is 4.79 Å². The normalized spacial score (nSPS) is 11.2. The second-order valence-corrected chi connectivity index (χ2v) is 6.56. The molecule has 0 fully saturated rings. The number of rotatable bonds is 8. The van der Waals surface area contributed by atoms with Gasteiger partial charge in [-0.3, -0.25) is 10.1 Å². The summed E-state index contributed by atoms with van der Waals surface area (Å²) >= 11 is 0. The van der Waals surface area contributed by atoms with Crippen LogP contribution >= 0.6 is 0 Å². The lowest BCUT2D eigenvalue weighted by Gasteiger charge is -2.20. The summed E-state index contributed by atoms with van der Waals surface area (Å²) in [5, 5.41) is 6.85. The molecule has 0 aliphatic heterocycles. The molecule has 1 amide bonds. The predicted molar refractivity (Wildman–Crippen MR) is 96.6 cm³/mol. The number of amides is 1. The van der Waals surface area contributed by atoms with Crippen molar-refractivity contribution in [3.05, 3.63) is 35.5 Å². The Balaban J connectivity index is 2.20. The van der Waals surface area contributed by atoms with E-state index in [0.29, 0.717) is 22.9 Å². The number of nitrogens with one attached hydrogen (secondary N) is 1. The van der Waals surface area contributed by atoms with Crippen molar-refractivity contribution in [1.29, 1.82) is 0 Å². The second kappa shape index (κ2) is 8.05. The second-order valence-electron chi connectivity index (χ2n) is 6.56. The van der Waals surface area contributed by atoms with Crippen LogP contribution in [0.25, 0.3) is 0 Å². The number of aromatic nitrogens is 1. The van der Waals surface area contributed by atoms with Crippen LogP contribution < -0.4 is 14.8 Å². The maximum atomic E-state index is 12.6. The highest BCUT2D eigenvalue weighted by atomic mass is 16.5. The number of hydrogen-bond donors (Lipinski definition) is 1. The Bertz CT molecular complexity index is 700. The fraction of sp³-hybridized carbons (Fsp3) is 0.474. The van der Waals surface area contributed by atoms with E-state index in [2.05, 4.69) is 31.2 Å². The Kier molecular flexibility index (Phi) is 6.07. The first-order chi connectivity index (χ1) is 11.9. The first kappa shape index (κ1) is 18.8. The molecule has 0 bridgehead atoms. The molecule has 2 aromatic rings. The zero-order chi connectivity index (χ0) is 18.4. The van der Waals surface area contributed by atoms with Crippen LogP contribution in [0.5, 0.6) is 11.5 Å². The zero-order valence-corrected chi connectivity index (χ0v) is 15.5. The summed E-state index contributed by atoms with van der Waals surface area (Å²) in [7, 11) is 3.02. The first-order valence-corrected chi connectivity index (χ1v) is 8.42. The largest absolute Gasteiger partial charge is 0.496 e. The molecule has 2 rings (SSSR count). The van der Waals surface area contributed by atoms with Gasteiger partial charge in [0.1, 0.15) is 17.1 Å². The fourth-order valence-electron chi connectivity index (χ4n) is 2.65. The van der Waals surface area contributed by atoms with E-state index < -0.39 is 0 Å². The summed E-state index contributed by atoms with van der Waals surface area (Å²) in [5.74, 6) is 0.792. The van der Waals surface area contributed by atoms with Gasteiger partial charge in [0.15, 0.2) is 0 Å². The lowest BCUT2D eigenvalue weighted by atomic mass is 9.84. The third-order valence-corrected chi connectivity index (χ3v) is 4.25. The molecule has 0 saturated carbocycles. The predicted octanol–water partition coefficient (Wildman–Crippen LogP) is 4.41. The van der Waals surface area contributed by atoms with E-state index in [-0.39, 0.29) is 11.3 Å². The maximum Gasteiger partial charge on any atom is 0.265 e. The number of unbranched alkanes of at least 4 members (excludes halogenated alkanes) is 1. The molecule has 1 aromatic carbocycles. The third kappa shape index (κ3) is 4.32. The third-order valence-electron chi connectivity index (χ3n) is 4.25. The summed E-state index contributed by atoms with van der Waals surface area (Å²) in [6.45, 7) is 6.40. The maximum absolute atomic E-state index is 12.6. The average Bonchev–Trinajstić information content (AvgIpc) is 3.08. The van der Waals surface area contributed by atoms with Gasteiger partial charge in [0.2, 0.25) is 5.88 Å². The monoisotopic (exact) mass is 346 g/mol.